The average Bonchev–Trinajstić information content (AvgIpc) is 3.40. The Labute approximate surface area is 186 Å². The molecule has 5 rings (SSSR count). The summed E-state index contributed by atoms with van der Waals surface area (Å²) in [4.78, 5) is 11.4. The number of nitrogens with one attached hydrogen (secondary N) is 1. The van der Waals surface area contributed by atoms with E-state index in [0.717, 1.165) is 44.6 Å². The number of rotatable bonds is 6. The minimum atomic E-state index is -1.06. The Kier molecular flexibility index (Phi) is 5.83. The van der Waals surface area contributed by atoms with Gasteiger partial charge in [0.05, 0.1) is 24.6 Å². The molecular formula is C22H21F2N5O2S. The van der Waals surface area contributed by atoms with Gasteiger partial charge in [0.25, 0.3) is 0 Å². The van der Waals surface area contributed by atoms with Crippen LogP contribution >= 0.6 is 11.3 Å². The first kappa shape index (κ1) is 21.0. The van der Waals surface area contributed by atoms with Gasteiger partial charge in [0.1, 0.15) is 17.3 Å². The van der Waals surface area contributed by atoms with Gasteiger partial charge in [-0.15, -0.1) is 11.3 Å². The summed E-state index contributed by atoms with van der Waals surface area (Å²) in [5, 5.41) is 16.4. The van der Waals surface area contributed by atoms with Crippen LogP contribution in [0, 0.1) is 11.6 Å². The number of imidazole rings is 1. The third-order valence-corrected chi connectivity index (χ3v) is 6.09. The second-order valence-corrected chi connectivity index (χ2v) is 8.42. The van der Waals surface area contributed by atoms with Gasteiger partial charge >= 0.3 is 0 Å². The third-order valence-electron chi connectivity index (χ3n) is 5.27. The van der Waals surface area contributed by atoms with Crippen LogP contribution in [0.15, 0.2) is 48.1 Å². The smallest absolute Gasteiger partial charge is 0.185 e. The van der Waals surface area contributed by atoms with Crippen molar-refractivity contribution in [3.8, 4) is 11.3 Å². The van der Waals surface area contributed by atoms with Crippen LogP contribution in [0.3, 0.4) is 0 Å². The molecule has 0 spiro atoms. The van der Waals surface area contributed by atoms with Gasteiger partial charge in [0.2, 0.25) is 0 Å². The molecule has 1 aromatic carbocycles. The highest BCUT2D eigenvalue weighted by atomic mass is 32.1. The van der Waals surface area contributed by atoms with E-state index in [4.69, 9.17) is 4.74 Å². The maximum absolute atomic E-state index is 13.6. The molecule has 3 aromatic heterocycles. The molecule has 0 aliphatic carbocycles. The molecule has 0 bridgehead atoms. The minimum Gasteiger partial charge on any atom is -0.379 e. The number of thiazole rings is 1. The monoisotopic (exact) mass is 457 g/mol. The van der Waals surface area contributed by atoms with Crippen LogP contribution in [-0.4, -0.2) is 50.7 Å². The number of hydrogen-bond acceptors (Lipinski definition) is 7. The fraction of sp³-hybridized carbons (Fsp3) is 0.273. The summed E-state index contributed by atoms with van der Waals surface area (Å²) in [6.45, 7) is 3.95. The molecule has 0 amide bonds. The highest BCUT2D eigenvalue weighted by molar-refractivity contribution is 7.13. The molecule has 1 aliphatic heterocycles. The molecule has 4 heterocycles. The number of aliphatic hydroxyl groups excluding tert-OH is 1. The van der Waals surface area contributed by atoms with Crippen LogP contribution in [0.4, 0.5) is 13.9 Å². The number of morpholine rings is 1. The van der Waals surface area contributed by atoms with Gasteiger partial charge in [0, 0.05) is 54.6 Å². The third kappa shape index (κ3) is 4.49. The largest absolute Gasteiger partial charge is 0.379 e. The Bertz CT molecular complexity index is 1220. The zero-order valence-corrected chi connectivity index (χ0v) is 17.9. The minimum absolute atomic E-state index is 0.326. The van der Waals surface area contributed by atoms with Crippen LogP contribution in [0.2, 0.25) is 0 Å². The first-order valence-corrected chi connectivity index (χ1v) is 11.1. The van der Waals surface area contributed by atoms with Crippen molar-refractivity contribution in [3.05, 3.63) is 71.0 Å². The molecule has 1 unspecified atom stereocenters. The first-order valence-electron chi connectivity index (χ1n) is 10.2. The Morgan fingerprint density at radius 3 is 2.72 bits per heavy atom. The summed E-state index contributed by atoms with van der Waals surface area (Å²) >= 11 is 1.42. The number of pyridine rings is 1. The van der Waals surface area contributed by atoms with Crippen molar-refractivity contribution in [2.45, 2.75) is 12.8 Å². The van der Waals surface area contributed by atoms with Crippen LogP contribution in [0.1, 0.15) is 17.5 Å². The zero-order chi connectivity index (χ0) is 22.1. The lowest BCUT2D eigenvalue weighted by atomic mass is 10.1. The van der Waals surface area contributed by atoms with Crippen LogP contribution in [-0.2, 0) is 11.3 Å². The van der Waals surface area contributed by atoms with E-state index in [1.807, 2.05) is 5.38 Å². The highest BCUT2D eigenvalue weighted by Gasteiger charge is 2.18. The van der Waals surface area contributed by atoms with Crippen molar-refractivity contribution in [1.82, 2.24) is 19.3 Å². The normalized spacial score (nSPS) is 15.8. The lowest BCUT2D eigenvalue weighted by molar-refractivity contribution is 0.0337. The fourth-order valence-electron chi connectivity index (χ4n) is 3.72. The average molecular weight is 458 g/mol. The number of benzene rings is 1. The summed E-state index contributed by atoms with van der Waals surface area (Å²) in [7, 11) is 0. The predicted octanol–water partition coefficient (Wildman–Crippen LogP) is 3.67. The van der Waals surface area contributed by atoms with Crippen LogP contribution < -0.4 is 5.32 Å². The van der Waals surface area contributed by atoms with Gasteiger partial charge in [-0.1, -0.05) is 0 Å². The fourth-order valence-corrected chi connectivity index (χ4v) is 4.44. The molecule has 32 heavy (non-hydrogen) atoms. The number of ether oxygens (including phenoxy) is 1. The highest BCUT2D eigenvalue weighted by Crippen LogP contribution is 2.27. The van der Waals surface area contributed by atoms with Gasteiger partial charge < -0.3 is 19.6 Å². The molecule has 1 fully saturated rings. The standard InChI is InChI=1S/C22H21F2N5O2S/c23-15-8-14(9-16(24)10-15)19-12-29-3-1-2-18(20(29)26-19)21(30)27-22-25-17(13-32-22)11-28-4-6-31-7-5-28/h1-3,8-10,12-13,21,30H,4-7,11H2,(H,25,27). The molecule has 1 atom stereocenters. The van der Waals surface area contributed by atoms with Gasteiger partial charge in [0.15, 0.2) is 11.4 Å². The van der Waals surface area contributed by atoms with Crippen molar-refractivity contribution in [3.63, 3.8) is 0 Å². The quantitative estimate of drug-likeness (QED) is 0.431. The topological polar surface area (TPSA) is 74.9 Å². The van der Waals surface area contributed by atoms with Crippen LogP contribution in [0.25, 0.3) is 16.9 Å². The molecule has 166 valence electrons. The molecule has 0 saturated carbocycles. The van der Waals surface area contributed by atoms with Crippen LogP contribution in [0.5, 0.6) is 0 Å². The van der Waals surface area contributed by atoms with Gasteiger partial charge in [-0.2, -0.15) is 0 Å². The van der Waals surface area contributed by atoms with E-state index in [1.54, 1.807) is 28.9 Å². The van der Waals surface area contributed by atoms with E-state index < -0.39 is 17.9 Å². The summed E-state index contributed by atoms with van der Waals surface area (Å²) in [5.74, 6) is -1.34. The number of anilines is 1. The molecule has 10 heteroatoms. The lowest BCUT2D eigenvalue weighted by Crippen LogP contribution is -2.35. The van der Waals surface area contributed by atoms with Crippen molar-refractivity contribution >= 4 is 22.1 Å². The Balaban J connectivity index is 1.35. The summed E-state index contributed by atoms with van der Waals surface area (Å²) < 4.78 is 34.3. The van der Waals surface area contributed by atoms with Crippen molar-refractivity contribution in [2.75, 3.05) is 31.6 Å². The van der Waals surface area contributed by atoms with Crippen molar-refractivity contribution < 1.29 is 18.6 Å². The number of fused-ring (bicyclic) bond motifs is 1. The number of aromatic nitrogens is 3. The molecule has 7 nitrogen and oxygen atoms in total. The number of aliphatic hydroxyl groups is 1. The van der Waals surface area contributed by atoms with Crippen molar-refractivity contribution in [2.24, 2.45) is 0 Å². The maximum atomic E-state index is 13.6. The van der Waals surface area contributed by atoms with Crippen molar-refractivity contribution in [1.29, 1.82) is 0 Å². The van der Waals surface area contributed by atoms with Gasteiger partial charge in [-0.3, -0.25) is 4.90 Å². The van der Waals surface area contributed by atoms with E-state index in [1.165, 1.54) is 23.5 Å². The first-order chi connectivity index (χ1) is 15.5. The van der Waals surface area contributed by atoms with Gasteiger partial charge in [-0.05, 0) is 24.3 Å². The molecule has 2 N–H and O–H groups in total. The molecular weight excluding hydrogens is 436 g/mol. The molecule has 1 saturated heterocycles. The van der Waals surface area contributed by atoms with Gasteiger partial charge in [-0.25, -0.2) is 18.7 Å². The van der Waals surface area contributed by atoms with E-state index in [0.29, 0.717) is 27.6 Å². The zero-order valence-electron chi connectivity index (χ0n) is 17.0. The number of hydrogen-bond donors (Lipinski definition) is 2. The summed E-state index contributed by atoms with van der Waals surface area (Å²) in [6.07, 6.45) is 2.38. The Morgan fingerprint density at radius 1 is 1.16 bits per heavy atom. The number of halogens is 2. The SMILES string of the molecule is OC(Nc1nc(CN2CCOCC2)cs1)c1cccn2cc(-c3cc(F)cc(F)c3)nc12. The van der Waals surface area contributed by atoms with E-state index in [-0.39, 0.29) is 0 Å². The number of nitrogens with zero attached hydrogens (tertiary/aromatic N) is 4. The van der Waals surface area contributed by atoms with E-state index in [9.17, 15) is 13.9 Å². The van der Waals surface area contributed by atoms with E-state index >= 15 is 0 Å². The Hall–Kier alpha value is -2.92. The second-order valence-electron chi connectivity index (χ2n) is 7.56. The molecule has 0 radical (unpaired) electrons. The molecule has 1 aliphatic rings. The second kappa shape index (κ2) is 8.91. The molecule has 4 aromatic rings. The lowest BCUT2D eigenvalue weighted by Gasteiger charge is -2.25. The predicted molar refractivity (Wildman–Crippen MR) is 117 cm³/mol. The maximum Gasteiger partial charge on any atom is 0.185 e. The van der Waals surface area contributed by atoms with E-state index in [2.05, 4.69) is 20.2 Å². The summed E-state index contributed by atoms with van der Waals surface area (Å²) in [5.41, 5.74) is 2.68. The Morgan fingerprint density at radius 2 is 1.94 bits per heavy atom. The summed E-state index contributed by atoms with van der Waals surface area (Å²) in [6, 6.07) is 6.80.